The van der Waals surface area contributed by atoms with Gasteiger partial charge in [0.1, 0.15) is 13.2 Å². The number of hydrogen-bond donors (Lipinski definition) is 0. The van der Waals surface area contributed by atoms with Gasteiger partial charge in [-0.1, -0.05) is 23.8 Å². The second-order valence-electron chi connectivity index (χ2n) is 6.54. The van der Waals surface area contributed by atoms with E-state index in [9.17, 15) is 9.59 Å². The van der Waals surface area contributed by atoms with Gasteiger partial charge in [0.25, 0.3) is 0 Å². The minimum Gasteiger partial charge on any atom is -0.486 e. The maximum atomic E-state index is 12.4. The molecule has 1 aliphatic heterocycles. The van der Waals surface area contributed by atoms with E-state index >= 15 is 0 Å². The molecular weight excluding hydrogens is 344 g/mol. The van der Waals surface area contributed by atoms with E-state index in [4.69, 9.17) is 14.2 Å². The Morgan fingerprint density at radius 3 is 2.37 bits per heavy atom. The molecule has 5 nitrogen and oxygen atoms in total. The molecule has 0 amide bonds. The van der Waals surface area contributed by atoms with Gasteiger partial charge in [-0.25, -0.2) is 4.79 Å². The van der Waals surface area contributed by atoms with Crippen molar-refractivity contribution < 1.29 is 23.8 Å². The lowest BCUT2D eigenvalue weighted by molar-refractivity contribution is -0.136. The summed E-state index contributed by atoms with van der Waals surface area (Å²) in [4.78, 5) is 24.4. The minimum absolute atomic E-state index is 0.203. The molecule has 5 heteroatoms. The number of esters is 1. The summed E-state index contributed by atoms with van der Waals surface area (Å²) in [5.41, 5.74) is 4.28. The summed E-state index contributed by atoms with van der Waals surface area (Å²) in [6, 6.07) is 9.31. The van der Waals surface area contributed by atoms with Crippen molar-refractivity contribution in [1.82, 2.24) is 0 Å². The van der Waals surface area contributed by atoms with E-state index in [0.717, 1.165) is 22.3 Å². The Kier molecular flexibility index (Phi) is 5.60. The van der Waals surface area contributed by atoms with E-state index in [1.165, 1.54) is 6.08 Å². The number of ether oxygens (including phenoxy) is 3. The molecule has 0 saturated carbocycles. The van der Waals surface area contributed by atoms with Gasteiger partial charge in [0.2, 0.25) is 5.78 Å². The number of ketones is 1. The van der Waals surface area contributed by atoms with Gasteiger partial charge in [-0.15, -0.1) is 0 Å². The minimum atomic E-state index is -0.569. The fourth-order valence-corrected chi connectivity index (χ4v) is 3.20. The first-order valence-corrected chi connectivity index (χ1v) is 8.79. The third-order valence-corrected chi connectivity index (χ3v) is 4.28. The van der Waals surface area contributed by atoms with Crippen LogP contribution in [0.25, 0.3) is 6.08 Å². The molecule has 0 spiro atoms. The molecule has 140 valence electrons. The maximum Gasteiger partial charge on any atom is 0.331 e. The highest BCUT2D eigenvalue weighted by molar-refractivity contribution is 6.01. The van der Waals surface area contributed by atoms with Crippen LogP contribution in [0.15, 0.2) is 36.4 Å². The van der Waals surface area contributed by atoms with Gasteiger partial charge in [0.15, 0.2) is 18.1 Å². The fraction of sp³-hybridized carbons (Fsp3) is 0.273. The number of Topliss-reactive ketones (excluding diaryl/α,β-unsaturated/α-hetero) is 1. The van der Waals surface area contributed by atoms with Crippen LogP contribution in [0.1, 0.15) is 32.6 Å². The van der Waals surface area contributed by atoms with Crippen molar-refractivity contribution in [2.24, 2.45) is 0 Å². The number of fused-ring (bicyclic) bond motifs is 1. The van der Waals surface area contributed by atoms with E-state index in [-0.39, 0.29) is 12.4 Å². The number of carbonyl (C=O) groups excluding carboxylic acids is 2. The monoisotopic (exact) mass is 366 g/mol. The maximum absolute atomic E-state index is 12.4. The third kappa shape index (κ3) is 4.56. The smallest absolute Gasteiger partial charge is 0.331 e. The van der Waals surface area contributed by atoms with Crippen molar-refractivity contribution >= 4 is 17.8 Å². The summed E-state index contributed by atoms with van der Waals surface area (Å²) >= 11 is 0. The normalized spacial score (nSPS) is 12.9. The van der Waals surface area contributed by atoms with Crippen molar-refractivity contribution in [3.8, 4) is 11.5 Å². The largest absolute Gasteiger partial charge is 0.486 e. The predicted molar refractivity (Wildman–Crippen MR) is 102 cm³/mol. The highest BCUT2D eigenvalue weighted by Crippen LogP contribution is 2.31. The van der Waals surface area contributed by atoms with Gasteiger partial charge >= 0.3 is 5.97 Å². The average Bonchev–Trinajstić information content (AvgIpc) is 2.63. The summed E-state index contributed by atoms with van der Waals surface area (Å²) in [5, 5.41) is 0. The third-order valence-electron chi connectivity index (χ3n) is 4.28. The lowest BCUT2D eigenvalue weighted by Gasteiger charge is -2.18. The molecule has 0 aliphatic carbocycles. The molecule has 0 bridgehead atoms. The average molecular weight is 366 g/mol. The van der Waals surface area contributed by atoms with Crippen LogP contribution in [0.5, 0.6) is 11.5 Å². The van der Waals surface area contributed by atoms with E-state index in [1.807, 2.05) is 39.0 Å². The molecule has 0 unspecified atom stereocenters. The summed E-state index contributed by atoms with van der Waals surface area (Å²) in [7, 11) is 0. The molecule has 0 atom stereocenters. The molecule has 0 saturated heterocycles. The Balaban J connectivity index is 1.60. The second kappa shape index (κ2) is 8.08. The van der Waals surface area contributed by atoms with Gasteiger partial charge in [-0.2, -0.15) is 0 Å². The second-order valence-corrected chi connectivity index (χ2v) is 6.54. The Hall–Kier alpha value is -3.08. The van der Waals surface area contributed by atoms with Crippen molar-refractivity contribution in [3.05, 3.63) is 64.2 Å². The van der Waals surface area contributed by atoms with Crippen LogP contribution >= 0.6 is 0 Å². The van der Waals surface area contributed by atoms with Crippen molar-refractivity contribution in [1.29, 1.82) is 0 Å². The van der Waals surface area contributed by atoms with Gasteiger partial charge < -0.3 is 14.2 Å². The zero-order valence-corrected chi connectivity index (χ0v) is 15.7. The molecule has 0 fully saturated rings. The first kappa shape index (κ1) is 18.7. The van der Waals surface area contributed by atoms with E-state index in [0.29, 0.717) is 30.3 Å². The Morgan fingerprint density at radius 1 is 1.00 bits per heavy atom. The lowest BCUT2D eigenvalue weighted by Crippen LogP contribution is -2.15. The molecule has 1 aliphatic rings. The summed E-state index contributed by atoms with van der Waals surface area (Å²) < 4.78 is 16.1. The zero-order chi connectivity index (χ0) is 19.4. The highest BCUT2D eigenvalue weighted by Gasteiger charge is 2.15. The SMILES string of the molecule is Cc1cc(C)c(C(=O)COC(=O)/C=C/c2ccc3c(c2)OCCO3)c(C)c1. The van der Waals surface area contributed by atoms with Gasteiger partial charge in [0.05, 0.1) is 0 Å². The van der Waals surface area contributed by atoms with E-state index in [1.54, 1.807) is 18.2 Å². The van der Waals surface area contributed by atoms with Gasteiger partial charge in [-0.3, -0.25) is 4.79 Å². The zero-order valence-electron chi connectivity index (χ0n) is 15.7. The van der Waals surface area contributed by atoms with Crippen molar-refractivity contribution in [2.45, 2.75) is 20.8 Å². The summed E-state index contributed by atoms with van der Waals surface area (Å²) in [5.74, 6) is 0.569. The summed E-state index contributed by atoms with van der Waals surface area (Å²) in [6.45, 7) is 6.50. The number of carbonyl (C=O) groups is 2. The molecule has 0 N–H and O–H groups in total. The standard InChI is InChI=1S/C22H22O5/c1-14-10-15(2)22(16(3)11-14)18(23)13-27-21(24)7-5-17-4-6-19-20(12-17)26-9-8-25-19/h4-7,10-12H,8-9,13H2,1-3H3/b7-5+. The van der Waals surface area contributed by atoms with E-state index in [2.05, 4.69) is 0 Å². The molecule has 0 aromatic heterocycles. The molecule has 3 rings (SSSR count). The van der Waals surface area contributed by atoms with Crippen molar-refractivity contribution in [3.63, 3.8) is 0 Å². The Labute approximate surface area is 158 Å². The molecule has 27 heavy (non-hydrogen) atoms. The van der Waals surface area contributed by atoms with Crippen LogP contribution in [0.2, 0.25) is 0 Å². The van der Waals surface area contributed by atoms with E-state index < -0.39 is 5.97 Å². The fourth-order valence-electron chi connectivity index (χ4n) is 3.20. The van der Waals surface area contributed by atoms with Crippen LogP contribution in [-0.2, 0) is 9.53 Å². The number of benzene rings is 2. The number of hydrogen-bond acceptors (Lipinski definition) is 5. The molecular formula is C22H22O5. The van der Waals surface area contributed by atoms with Crippen LogP contribution in [0.3, 0.4) is 0 Å². The first-order valence-electron chi connectivity index (χ1n) is 8.79. The predicted octanol–water partition coefficient (Wildman–Crippen LogP) is 3.82. The molecule has 2 aromatic carbocycles. The Morgan fingerprint density at radius 2 is 1.67 bits per heavy atom. The molecule has 1 heterocycles. The summed E-state index contributed by atoms with van der Waals surface area (Å²) in [6.07, 6.45) is 2.92. The van der Waals surface area contributed by atoms with Crippen LogP contribution in [-0.4, -0.2) is 31.6 Å². The quantitative estimate of drug-likeness (QED) is 0.457. The van der Waals surface area contributed by atoms with Crippen molar-refractivity contribution in [2.75, 3.05) is 19.8 Å². The number of rotatable bonds is 5. The topological polar surface area (TPSA) is 61.8 Å². The van der Waals surface area contributed by atoms with Gasteiger partial charge in [0, 0.05) is 11.6 Å². The van der Waals surface area contributed by atoms with Crippen LogP contribution in [0, 0.1) is 20.8 Å². The van der Waals surface area contributed by atoms with Gasteiger partial charge in [-0.05, 0) is 55.7 Å². The highest BCUT2D eigenvalue weighted by atomic mass is 16.6. The lowest BCUT2D eigenvalue weighted by atomic mass is 9.97. The molecule has 2 aromatic rings. The number of aryl methyl sites for hydroxylation is 3. The first-order chi connectivity index (χ1) is 12.9. The molecule has 0 radical (unpaired) electrons. The van der Waals surface area contributed by atoms with Crippen LogP contribution < -0.4 is 9.47 Å². The van der Waals surface area contributed by atoms with Crippen LogP contribution in [0.4, 0.5) is 0 Å². The Bertz CT molecular complexity index is 888.